The topological polar surface area (TPSA) is 34.1 Å². The smallest absolute Gasteiger partial charge is 0.113 e. The van der Waals surface area contributed by atoms with Gasteiger partial charge in [0.25, 0.3) is 0 Å². The Balaban J connectivity index is 2.18. The van der Waals surface area contributed by atoms with E-state index in [9.17, 15) is 0 Å². The van der Waals surface area contributed by atoms with E-state index in [0.717, 1.165) is 19.6 Å². The van der Waals surface area contributed by atoms with Crippen molar-refractivity contribution in [3.05, 3.63) is 15.6 Å². The molecule has 1 aromatic rings. The van der Waals surface area contributed by atoms with Crippen molar-refractivity contribution in [1.82, 2.24) is 10.3 Å². The van der Waals surface area contributed by atoms with Crippen molar-refractivity contribution < 1.29 is 4.74 Å². The van der Waals surface area contributed by atoms with Crippen LogP contribution in [-0.4, -0.2) is 25.2 Å². The molecule has 20 heavy (non-hydrogen) atoms. The molecule has 1 aliphatic carbocycles. The second-order valence-corrected chi connectivity index (χ2v) is 7.53. The summed E-state index contributed by atoms with van der Waals surface area (Å²) in [5, 5.41) is 4.95. The highest BCUT2D eigenvalue weighted by Gasteiger charge is 2.32. The van der Waals surface area contributed by atoms with Gasteiger partial charge in [-0.3, -0.25) is 0 Å². The lowest BCUT2D eigenvalue weighted by atomic mass is 9.91. The molecule has 0 saturated heterocycles. The molecule has 114 valence electrons. The quantitative estimate of drug-likeness (QED) is 0.782. The summed E-state index contributed by atoms with van der Waals surface area (Å²) < 4.78 is 5.18. The van der Waals surface area contributed by atoms with Crippen molar-refractivity contribution in [2.75, 3.05) is 20.3 Å². The van der Waals surface area contributed by atoms with Crippen LogP contribution in [0.15, 0.2) is 0 Å². The van der Waals surface area contributed by atoms with Crippen LogP contribution in [0.25, 0.3) is 0 Å². The minimum atomic E-state index is -0.0191. The van der Waals surface area contributed by atoms with Crippen LogP contribution >= 0.6 is 11.3 Å². The summed E-state index contributed by atoms with van der Waals surface area (Å²) in [5.74, 6) is 0.649. The molecule has 1 unspecified atom stereocenters. The van der Waals surface area contributed by atoms with Gasteiger partial charge >= 0.3 is 0 Å². The number of thiazole rings is 1. The number of aromatic nitrogens is 1. The van der Waals surface area contributed by atoms with Gasteiger partial charge in [-0.25, -0.2) is 4.98 Å². The number of fused-ring (bicyclic) bond motifs is 1. The number of aryl methyl sites for hydroxylation is 2. The van der Waals surface area contributed by atoms with Crippen LogP contribution in [0.3, 0.4) is 0 Å². The van der Waals surface area contributed by atoms with Crippen molar-refractivity contribution in [3.63, 3.8) is 0 Å². The second kappa shape index (κ2) is 7.01. The van der Waals surface area contributed by atoms with E-state index in [0.29, 0.717) is 5.92 Å². The van der Waals surface area contributed by atoms with Crippen LogP contribution < -0.4 is 5.32 Å². The Labute approximate surface area is 127 Å². The zero-order chi connectivity index (χ0) is 14.6. The molecule has 1 N–H and O–H groups in total. The zero-order valence-electron chi connectivity index (χ0n) is 13.3. The maximum absolute atomic E-state index is 5.18. The van der Waals surface area contributed by atoms with Crippen molar-refractivity contribution in [3.8, 4) is 0 Å². The molecule has 2 rings (SSSR count). The third-order valence-electron chi connectivity index (χ3n) is 3.96. The maximum atomic E-state index is 5.18. The van der Waals surface area contributed by atoms with Crippen molar-refractivity contribution in [2.45, 2.75) is 58.4 Å². The predicted octanol–water partition coefficient (Wildman–Crippen LogP) is 3.52. The van der Waals surface area contributed by atoms with E-state index >= 15 is 0 Å². The predicted molar refractivity (Wildman–Crippen MR) is 85.4 cm³/mol. The first-order valence-corrected chi connectivity index (χ1v) is 8.60. The average molecular weight is 296 g/mol. The van der Waals surface area contributed by atoms with E-state index in [4.69, 9.17) is 9.72 Å². The molecule has 0 saturated carbocycles. The number of hydrogen-bond donors (Lipinski definition) is 1. The molecule has 0 aromatic carbocycles. The number of rotatable bonds is 7. The summed E-state index contributed by atoms with van der Waals surface area (Å²) in [6, 6.07) is 0. The highest BCUT2D eigenvalue weighted by molar-refractivity contribution is 7.11. The molecule has 3 nitrogen and oxygen atoms in total. The Kier molecular flexibility index (Phi) is 5.58. The van der Waals surface area contributed by atoms with Crippen LogP contribution in [0, 0.1) is 5.92 Å². The lowest BCUT2D eigenvalue weighted by Gasteiger charge is -2.30. The summed E-state index contributed by atoms with van der Waals surface area (Å²) in [7, 11) is 1.75. The van der Waals surface area contributed by atoms with Gasteiger partial charge in [-0.1, -0.05) is 13.8 Å². The molecule has 1 heterocycles. The van der Waals surface area contributed by atoms with E-state index in [1.807, 2.05) is 11.3 Å². The Hall–Kier alpha value is -0.450. The molecule has 0 bridgehead atoms. The third-order valence-corrected chi connectivity index (χ3v) is 5.38. The first-order chi connectivity index (χ1) is 9.55. The van der Waals surface area contributed by atoms with Crippen LogP contribution in [0.1, 0.15) is 55.6 Å². The van der Waals surface area contributed by atoms with Gasteiger partial charge in [0.2, 0.25) is 0 Å². The summed E-state index contributed by atoms with van der Waals surface area (Å²) in [5.41, 5.74) is 1.34. The van der Waals surface area contributed by atoms with Gasteiger partial charge in [0, 0.05) is 18.5 Å². The number of hydrogen-bond acceptors (Lipinski definition) is 4. The zero-order valence-corrected chi connectivity index (χ0v) is 14.1. The fourth-order valence-corrected chi connectivity index (χ4v) is 4.35. The molecule has 0 fully saturated rings. The van der Waals surface area contributed by atoms with E-state index in [-0.39, 0.29) is 5.54 Å². The minimum Gasteiger partial charge on any atom is -0.383 e. The molecule has 0 spiro atoms. The molecule has 0 amide bonds. The highest BCUT2D eigenvalue weighted by Crippen LogP contribution is 2.35. The van der Waals surface area contributed by atoms with Gasteiger partial charge in [-0.05, 0) is 44.9 Å². The van der Waals surface area contributed by atoms with Crippen LogP contribution in [0.4, 0.5) is 0 Å². The largest absolute Gasteiger partial charge is 0.383 e. The lowest BCUT2D eigenvalue weighted by Crippen LogP contribution is -2.42. The summed E-state index contributed by atoms with van der Waals surface area (Å²) in [6.45, 7) is 8.49. The molecule has 1 aliphatic rings. The molecular weight excluding hydrogens is 268 g/mol. The van der Waals surface area contributed by atoms with E-state index in [1.54, 1.807) is 7.11 Å². The first-order valence-electron chi connectivity index (χ1n) is 7.78. The van der Waals surface area contributed by atoms with E-state index in [2.05, 4.69) is 26.1 Å². The van der Waals surface area contributed by atoms with Crippen molar-refractivity contribution >= 4 is 11.3 Å². The number of nitrogens with one attached hydrogen (secondary N) is 1. The van der Waals surface area contributed by atoms with Gasteiger partial charge < -0.3 is 10.1 Å². The number of nitrogens with zero attached hydrogens (tertiary/aromatic N) is 1. The molecule has 1 aromatic heterocycles. The Bertz CT molecular complexity index is 407. The second-order valence-electron chi connectivity index (χ2n) is 6.45. The Morgan fingerprint density at radius 3 is 2.75 bits per heavy atom. The number of methoxy groups -OCH3 is 1. The minimum absolute atomic E-state index is 0.0191. The molecule has 1 atom stereocenters. The first kappa shape index (κ1) is 15.9. The summed E-state index contributed by atoms with van der Waals surface area (Å²) >= 11 is 1.93. The fraction of sp³-hybridized carbons (Fsp3) is 0.812. The molecule has 0 radical (unpaired) electrons. The number of ether oxygens (including phenoxy) is 1. The standard InChI is InChI=1S/C16H28N2OS/c1-12(2)11-16(3,17-9-10-19-4)15-18-13-7-5-6-8-14(13)20-15/h12,17H,5-11H2,1-4H3. The van der Waals surface area contributed by atoms with Crippen LogP contribution in [0.5, 0.6) is 0 Å². The van der Waals surface area contributed by atoms with Gasteiger partial charge in [0.05, 0.1) is 17.8 Å². The maximum Gasteiger partial charge on any atom is 0.113 e. The van der Waals surface area contributed by atoms with Gasteiger partial charge in [-0.2, -0.15) is 0 Å². The van der Waals surface area contributed by atoms with Crippen LogP contribution in [-0.2, 0) is 23.1 Å². The fourth-order valence-electron chi connectivity index (χ4n) is 3.07. The third kappa shape index (κ3) is 3.80. The SMILES string of the molecule is COCCNC(C)(CC(C)C)c1nc2c(s1)CCCC2. The normalized spacial score (nSPS) is 18.1. The van der Waals surface area contributed by atoms with Crippen molar-refractivity contribution in [2.24, 2.45) is 5.92 Å². The lowest BCUT2D eigenvalue weighted by molar-refractivity contribution is 0.180. The van der Waals surface area contributed by atoms with Crippen LogP contribution in [0.2, 0.25) is 0 Å². The summed E-state index contributed by atoms with van der Waals surface area (Å²) in [6.07, 6.45) is 6.13. The molecular formula is C16H28N2OS. The molecule has 4 heteroatoms. The average Bonchev–Trinajstić information content (AvgIpc) is 2.82. The Morgan fingerprint density at radius 2 is 2.10 bits per heavy atom. The van der Waals surface area contributed by atoms with E-state index in [1.165, 1.54) is 41.3 Å². The van der Waals surface area contributed by atoms with Gasteiger partial charge in [0.15, 0.2) is 0 Å². The van der Waals surface area contributed by atoms with Gasteiger partial charge in [-0.15, -0.1) is 11.3 Å². The monoisotopic (exact) mass is 296 g/mol. The van der Waals surface area contributed by atoms with E-state index < -0.39 is 0 Å². The highest BCUT2D eigenvalue weighted by atomic mass is 32.1. The Morgan fingerprint density at radius 1 is 1.35 bits per heavy atom. The van der Waals surface area contributed by atoms with Gasteiger partial charge in [0.1, 0.15) is 5.01 Å². The molecule has 0 aliphatic heterocycles. The van der Waals surface area contributed by atoms with Crippen molar-refractivity contribution in [1.29, 1.82) is 0 Å². The summed E-state index contributed by atoms with van der Waals surface area (Å²) in [4.78, 5) is 6.49.